The maximum atomic E-state index is 13.1. The molecule has 0 spiro atoms. The van der Waals surface area contributed by atoms with Crippen LogP contribution < -0.4 is 20.1 Å². The Hall–Kier alpha value is -3.32. The number of nitrogens with zero attached hydrogens (tertiary/aromatic N) is 2. The first kappa shape index (κ1) is 22.9. The van der Waals surface area contributed by atoms with Crippen molar-refractivity contribution in [2.24, 2.45) is 0 Å². The van der Waals surface area contributed by atoms with Gasteiger partial charge in [-0.2, -0.15) is 13.2 Å². The fourth-order valence-electron chi connectivity index (χ4n) is 2.84. The summed E-state index contributed by atoms with van der Waals surface area (Å²) < 4.78 is 50.2. The molecule has 0 radical (unpaired) electrons. The van der Waals surface area contributed by atoms with Crippen LogP contribution >= 0.6 is 23.1 Å². The molecule has 0 aliphatic carbocycles. The predicted octanol–water partition coefficient (Wildman–Crippen LogP) is 3.95. The number of hydrogen-bond donors (Lipinski definition) is 2. The highest BCUT2D eigenvalue weighted by Gasteiger charge is 2.35. The number of fused-ring (bicyclic) bond motifs is 1. The van der Waals surface area contributed by atoms with Gasteiger partial charge in [0.15, 0.2) is 15.8 Å². The maximum Gasteiger partial charge on any atom is 0.417 e. The van der Waals surface area contributed by atoms with E-state index in [1.165, 1.54) is 12.1 Å². The molecule has 8 nitrogen and oxygen atoms in total. The van der Waals surface area contributed by atoms with Gasteiger partial charge in [0.25, 0.3) is 5.91 Å². The molecule has 0 saturated heterocycles. The lowest BCUT2D eigenvalue weighted by molar-refractivity contribution is -0.137. The number of amides is 2. The number of hydrogen-bond acceptors (Lipinski definition) is 8. The zero-order chi connectivity index (χ0) is 23.4. The van der Waals surface area contributed by atoms with Gasteiger partial charge >= 0.3 is 6.18 Å². The van der Waals surface area contributed by atoms with Crippen LogP contribution in [0.25, 0.3) is 0 Å². The van der Waals surface area contributed by atoms with Gasteiger partial charge in [0.1, 0.15) is 0 Å². The molecule has 2 heterocycles. The van der Waals surface area contributed by atoms with Gasteiger partial charge in [-0.15, -0.1) is 10.2 Å². The van der Waals surface area contributed by atoms with Gasteiger partial charge in [-0.25, -0.2) is 0 Å². The summed E-state index contributed by atoms with van der Waals surface area (Å²) in [6.45, 7) is 0.465. The quantitative estimate of drug-likeness (QED) is 0.377. The molecule has 33 heavy (non-hydrogen) atoms. The van der Waals surface area contributed by atoms with Crippen molar-refractivity contribution in [3.05, 3.63) is 59.2 Å². The van der Waals surface area contributed by atoms with Crippen molar-refractivity contribution in [2.45, 2.75) is 17.1 Å². The molecule has 2 amide bonds. The average molecular weight is 496 g/mol. The molecule has 2 N–H and O–H groups in total. The number of rotatable bonds is 7. The van der Waals surface area contributed by atoms with Crippen molar-refractivity contribution >= 4 is 40.0 Å². The normalized spacial score (nSPS) is 12.5. The summed E-state index contributed by atoms with van der Waals surface area (Å²) in [5.74, 6) is 0.123. The van der Waals surface area contributed by atoms with Gasteiger partial charge in [-0.1, -0.05) is 41.3 Å². The second-order valence-corrected chi connectivity index (χ2v) is 8.82. The van der Waals surface area contributed by atoms with Crippen LogP contribution in [0.2, 0.25) is 0 Å². The van der Waals surface area contributed by atoms with Crippen LogP contribution in [-0.4, -0.2) is 34.6 Å². The summed E-state index contributed by atoms with van der Waals surface area (Å²) in [5, 5.41) is 12.7. The molecule has 4 rings (SSSR count). The topological polar surface area (TPSA) is 102 Å². The molecule has 0 unspecified atom stereocenters. The number of thioether (sulfide) groups is 1. The molecule has 0 fully saturated rings. The van der Waals surface area contributed by atoms with Gasteiger partial charge in [-0.05, 0) is 29.8 Å². The van der Waals surface area contributed by atoms with E-state index in [1.807, 2.05) is 6.07 Å². The lowest BCUT2D eigenvalue weighted by Gasteiger charge is -2.11. The van der Waals surface area contributed by atoms with Crippen LogP contribution in [0.3, 0.4) is 0 Å². The number of ether oxygens (including phenoxy) is 2. The number of halogens is 3. The van der Waals surface area contributed by atoms with Crippen molar-refractivity contribution in [2.75, 3.05) is 17.9 Å². The zero-order valence-corrected chi connectivity index (χ0v) is 18.3. The van der Waals surface area contributed by atoms with Crippen LogP contribution in [0, 0.1) is 0 Å². The molecular weight excluding hydrogens is 481 g/mol. The minimum atomic E-state index is -4.66. The first-order valence-electron chi connectivity index (χ1n) is 9.39. The Labute approximate surface area is 193 Å². The lowest BCUT2D eigenvalue weighted by atomic mass is 10.1. The van der Waals surface area contributed by atoms with E-state index >= 15 is 0 Å². The molecule has 0 saturated carbocycles. The van der Waals surface area contributed by atoms with Crippen LogP contribution in [0.5, 0.6) is 11.5 Å². The van der Waals surface area contributed by atoms with Crippen molar-refractivity contribution in [3.8, 4) is 11.5 Å². The van der Waals surface area contributed by atoms with E-state index in [-0.39, 0.29) is 23.6 Å². The van der Waals surface area contributed by atoms with Gasteiger partial charge in [0.2, 0.25) is 17.8 Å². The van der Waals surface area contributed by atoms with E-state index in [4.69, 9.17) is 9.47 Å². The van der Waals surface area contributed by atoms with Crippen LogP contribution in [0.15, 0.2) is 46.8 Å². The zero-order valence-electron chi connectivity index (χ0n) is 16.6. The Morgan fingerprint density at radius 2 is 1.88 bits per heavy atom. The maximum absolute atomic E-state index is 13.1. The number of benzene rings is 2. The summed E-state index contributed by atoms with van der Waals surface area (Å²) in [6.07, 6.45) is -4.66. The summed E-state index contributed by atoms with van der Waals surface area (Å²) in [7, 11) is 0. The first-order chi connectivity index (χ1) is 15.8. The third-order valence-corrected chi connectivity index (χ3v) is 6.33. The number of nitrogens with one attached hydrogen (secondary N) is 2. The van der Waals surface area contributed by atoms with Crippen molar-refractivity contribution in [1.29, 1.82) is 0 Å². The summed E-state index contributed by atoms with van der Waals surface area (Å²) >= 11 is 2.05. The molecule has 3 aromatic rings. The van der Waals surface area contributed by atoms with Crippen molar-refractivity contribution in [1.82, 2.24) is 15.5 Å². The highest BCUT2D eigenvalue weighted by atomic mass is 32.2. The van der Waals surface area contributed by atoms with Crippen LogP contribution in [-0.2, 0) is 17.5 Å². The van der Waals surface area contributed by atoms with Crippen LogP contribution in [0.4, 0.5) is 18.3 Å². The second-order valence-electron chi connectivity index (χ2n) is 6.62. The molecule has 1 aliphatic rings. The summed E-state index contributed by atoms with van der Waals surface area (Å²) in [5.41, 5.74) is -0.712. The number of carbonyl (C=O) groups is 2. The fraction of sp³-hybridized carbons (Fsp3) is 0.200. The SMILES string of the molecule is O=C(CSc1nnc(NC(=O)c2ccccc2C(F)(F)F)s1)NCc1ccc2c(c1)OCO2. The molecule has 172 valence electrons. The van der Waals surface area contributed by atoms with E-state index in [0.717, 1.165) is 40.8 Å². The van der Waals surface area contributed by atoms with Crippen molar-refractivity contribution < 1.29 is 32.2 Å². The highest BCUT2D eigenvalue weighted by molar-refractivity contribution is 8.01. The number of carbonyl (C=O) groups excluding carboxylic acids is 2. The average Bonchev–Trinajstić information content (AvgIpc) is 3.44. The first-order valence-corrected chi connectivity index (χ1v) is 11.2. The fourth-order valence-corrected chi connectivity index (χ4v) is 4.42. The lowest BCUT2D eigenvalue weighted by Crippen LogP contribution is -2.24. The highest BCUT2D eigenvalue weighted by Crippen LogP contribution is 2.33. The smallest absolute Gasteiger partial charge is 0.417 e. The molecule has 1 aromatic heterocycles. The third-order valence-electron chi connectivity index (χ3n) is 4.36. The van der Waals surface area contributed by atoms with E-state index in [0.29, 0.717) is 22.4 Å². The Bertz CT molecular complexity index is 1190. The second kappa shape index (κ2) is 9.67. The monoisotopic (exact) mass is 496 g/mol. The Kier molecular flexibility index (Phi) is 6.70. The molecule has 0 bridgehead atoms. The summed E-state index contributed by atoms with van der Waals surface area (Å²) in [4.78, 5) is 24.4. The van der Waals surface area contributed by atoms with E-state index < -0.39 is 23.2 Å². The van der Waals surface area contributed by atoms with Crippen molar-refractivity contribution in [3.63, 3.8) is 0 Å². The molecule has 0 atom stereocenters. The Morgan fingerprint density at radius 3 is 2.70 bits per heavy atom. The Balaban J connectivity index is 1.28. The third kappa shape index (κ3) is 5.73. The number of aromatic nitrogens is 2. The van der Waals surface area contributed by atoms with Gasteiger partial charge in [0, 0.05) is 6.54 Å². The molecule has 1 aliphatic heterocycles. The molecule has 13 heteroatoms. The molecule has 2 aromatic carbocycles. The standard InChI is InChI=1S/C20H15F3N4O4S2/c21-20(22,23)13-4-2-1-3-12(13)17(29)25-18-26-27-19(33-18)32-9-16(28)24-8-11-5-6-14-15(7-11)31-10-30-14/h1-7H,8-10H2,(H,24,28)(H,25,26,29). The minimum absolute atomic E-state index is 0.0280. The Morgan fingerprint density at radius 1 is 1.09 bits per heavy atom. The van der Waals surface area contributed by atoms with Gasteiger partial charge in [-0.3, -0.25) is 14.9 Å². The largest absolute Gasteiger partial charge is 0.454 e. The van der Waals surface area contributed by atoms with E-state index in [2.05, 4.69) is 20.8 Å². The van der Waals surface area contributed by atoms with Gasteiger partial charge < -0.3 is 14.8 Å². The van der Waals surface area contributed by atoms with E-state index in [1.54, 1.807) is 12.1 Å². The molecular formula is C20H15F3N4O4S2. The minimum Gasteiger partial charge on any atom is -0.454 e. The number of alkyl halides is 3. The predicted molar refractivity (Wildman–Crippen MR) is 114 cm³/mol. The van der Waals surface area contributed by atoms with E-state index in [9.17, 15) is 22.8 Å². The summed E-state index contributed by atoms with van der Waals surface area (Å²) in [6, 6.07) is 9.83. The van der Waals surface area contributed by atoms with Gasteiger partial charge in [0.05, 0.1) is 16.9 Å². The number of anilines is 1. The van der Waals surface area contributed by atoms with Crippen LogP contribution in [0.1, 0.15) is 21.5 Å².